The van der Waals surface area contributed by atoms with Gasteiger partial charge in [0.2, 0.25) is 0 Å². The summed E-state index contributed by atoms with van der Waals surface area (Å²) in [6.07, 6.45) is -3.15. The van der Waals surface area contributed by atoms with Gasteiger partial charge in [-0.15, -0.1) is 0 Å². The largest absolute Gasteiger partial charge is 0.475 e. The first-order valence-corrected chi connectivity index (χ1v) is 14.2. The Morgan fingerprint density at radius 3 is 2.30 bits per heavy atom. The molecule has 218 valence electrons. The smallest absolute Gasteiger partial charge is 0.393 e. The molecule has 5 heterocycles. The Kier molecular flexibility index (Phi) is 6.47. The van der Waals surface area contributed by atoms with Gasteiger partial charge in [-0.1, -0.05) is 6.92 Å². The van der Waals surface area contributed by atoms with Gasteiger partial charge < -0.3 is 19.7 Å². The van der Waals surface area contributed by atoms with Crippen LogP contribution in [0.1, 0.15) is 36.9 Å². The van der Waals surface area contributed by atoms with Crippen LogP contribution in [0.3, 0.4) is 0 Å². The molecule has 0 spiro atoms. The number of nitrogens with zero attached hydrogens (tertiary/aromatic N) is 2. The predicted octanol–water partition coefficient (Wildman–Crippen LogP) is -1.21. The van der Waals surface area contributed by atoms with Crippen LogP contribution in [0.25, 0.3) is 0 Å². The van der Waals surface area contributed by atoms with Crippen LogP contribution in [0, 0.1) is 25.7 Å². The molecule has 0 amide bonds. The zero-order chi connectivity index (χ0) is 28.7. The van der Waals surface area contributed by atoms with Crippen molar-refractivity contribution < 1.29 is 37.8 Å². The van der Waals surface area contributed by atoms with E-state index in [2.05, 4.69) is 9.97 Å². The third-order valence-electron chi connectivity index (χ3n) is 8.28. The van der Waals surface area contributed by atoms with E-state index in [1.54, 1.807) is 6.92 Å². The standard InChI is InChI=1S/C23H29N4O12P/c1-9-5-26(21(32)24-18(9)30)14-4-12(29)13(36-14)7-35-40(34)38-16-11(3)15-17(39-40)23(16,8-28)37-20(15)27-6-10(2)19(31)25-22(27)33/h5-6,11-17,20,28-29H,4,7-8H2,1-3H3,(H,24,30,32)(H,25,31,33)/t11-,12-,13+,14+,15+,16+,17-,20+,23-,40-/m0/s1. The summed E-state index contributed by atoms with van der Waals surface area (Å²) in [5, 5.41) is 20.9. The highest BCUT2D eigenvalue weighted by atomic mass is 31.2. The molecule has 3 saturated heterocycles. The predicted molar refractivity (Wildman–Crippen MR) is 133 cm³/mol. The molecule has 4 fully saturated rings. The molecule has 16 nitrogen and oxygen atoms in total. The van der Waals surface area contributed by atoms with E-state index in [9.17, 15) is 34.0 Å². The number of phosphoric acid groups is 1. The average Bonchev–Trinajstić information content (AvgIpc) is 3.47. The molecule has 4 aliphatic rings. The summed E-state index contributed by atoms with van der Waals surface area (Å²) >= 11 is 0. The fourth-order valence-corrected chi connectivity index (χ4v) is 7.95. The number of ether oxygens (including phenoxy) is 2. The summed E-state index contributed by atoms with van der Waals surface area (Å²) in [6, 6.07) is 0. The minimum atomic E-state index is -4.28. The third-order valence-corrected chi connectivity index (χ3v) is 9.71. The maximum absolute atomic E-state index is 13.6. The van der Waals surface area contributed by atoms with Crippen LogP contribution in [0.5, 0.6) is 0 Å². The second-order valence-corrected chi connectivity index (χ2v) is 12.3. The van der Waals surface area contributed by atoms with E-state index < -0.39 is 97.8 Å². The number of hydrogen-bond donors (Lipinski definition) is 4. The number of phosphoric ester groups is 1. The molecule has 0 aromatic carbocycles. The van der Waals surface area contributed by atoms with Crippen molar-refractivity contribution in [3.63, 3.8) is 0 Å². The van der Waals surface area contributed by atoms with E-state index in [4.69, 9.17) is 23.0 Å². The van der Waals surface area contributed by atoms with Gasteiger partial charge in [0.1, 0.15) is 36.4 Å². The molecule has 1 saturated carbocycles. The van der Waals surface area contributed by atoms with Crippen LogP contribution < -0.4 is 22.5 Å². The Balaban J connectivity index is 1.20. The first kappa shape index (κ1) is 27.5. The lowest BCUT2D eigenvalue weighted by molar-refractivity contribution is -0.215. The summed E-state index contributed by atoms with van der Waals surface area (Å²) in [4.78, 5) is 52.7. The fourth-order valence-electron chi connectivity index (χ4n) is 6.20. The van der Waals surface area contributed by atoms with Gasteiger partial charge in [0.05, 0.1) is 19.3 Å². The number of hydrogen-bond acceptors (Lipinski definition) is 12. The van der Waals surface area contributed by atoms with Crippen molar-refractivity contribution in [2.24, 2.45) is 11.8 Å². The highest BCUT2D eigenvalue weighted by molar-refractivity contribution is 7.48. The zero-order valence-corrected chi connectivity index (χ0v) is 22.6. The number of aromatic nitrogens is 4. The van der Waals surface area contributed by atoms with Gasteiger partial charge in [-0.2, -0.15) is 0 Å². The molecule has 0 unspecified atom stereocenters. The van der Waals surface area contributed by atoms with Gasteiger partial charge >= 0.3 is 19.2 Å². The maximum Gasteiger partial charge on any atom is 0.475 e. The quantitative estimate of drug-likeness (QED) is 0.294. The second kappa shape index (κ2) is 9.42. The summed E-state index contributed by atoms with van der Waals surface area (Å²) < 4.78 is 45.0. The summed E-state index contributed by atoms with van der Waals surface area (Å²) in [5.74, 6) is -0.991. The van der Waals surface area contributed by atoms with E-state index in [-0.39, 0.29) is 17.5 Å². The number of aromatic amines is 2. The van der Waals surface area contributed by atoms with Crippen molar-refractivity contribution >= 4 is 7.82 Å². The molecule has 4 bridgehead atoms. The molecule has 2 aromatic heterocycles. The Bertz CT molecular complexity index is 1630. The lowest BCUT2D eigenvalue weighted by atomic mass is 9.92. The van der Waals surface area contributed by atoms with Crippen molar-refractivity contribution in [2.45, 2.75) is 69.7 Å². The summed E-state index contributed by atoms with van der Waals surface area (Å²) in [7, 11) is -4.28. The summed E-state index contributed by atoms with van der Waals surface area (Å²) in [5.41, 5.74) is -3.36. The number of rotatable bonds is 6. The van der Waals surface area contributed by atoms with Crippen LogP contribution in [-0.4, -0.2) is 72.5 Å². The number of H-pyrrole nitrogens is 2. The lowest BCUT2D eigenvalue weighted by Crippen LogP contribution is -2.55. The van der Waals surface area contributed by atoms with E-state index >= 15 is 0 Å². The van der Waals surface area contributed by atoms with Crippen molar-refractivity contribution in [1.82, 2.24) is 19.1 Å². The number of nitrogens with one attached hydrogen (secondary N) is 2. The van der Waals surface area contributed by atoms with Gasteiger partial charge in [0, 0.05) is 35.9 Å². The van der Waals surface area contributed by atoms with Gasteiger partial charge in [0.25, 0.3) is 11.1 Å². The molecular weight excluding hydrogens is 555 g/mol. The third kappa shape index (κ3) is 4.05. The highest BCUT2D eigenvalue weighted by Gasteiger charge is 2.75. The van der Waals surface area contributed by atoms with Gasteiger partial charge in [0.15, 0.2) is 0 Å². The van der Waals surface area contributed by atoms with Gasteiger partial charge in [-0.05, 0) is 19.8 Å². The Morgan fingerprint density at radius 1 is 1.05 bits per heavy atom. The van der Waals surface area contributed by atoms with Crippen LogP contribution in [-0.2, 0) is 27.6 Å². The van der Waals surface area contributed by atoms with Crippen molar-refractivity contribution in [3.8, 4) is 0 Å². The lowest BCUT2D eigenvalue weighted by Gasteiger charge is -2.43. The van der Waals surface area contributed by atoms with E-state index in [1.165, 1.54) is 30.8 Å². The van der Waals surface area contributed by atoms with Crippen molar-refractivity contribution in [2.75, 3.05) is 13.2 Å². The second-order valence-electron chi connectivity index (χ2n) is 10.7. The Morgan fingerprint density at radius 2 is 1.65 bits per heavy atom. The normalized spacial score (nSPS) is 40.1. The molecule has 17 heteroatoms. The molecule has 0 radical (unpaired) electrons. The first-order valence-electron chi connectivity index (χ1n) is 12.7. The number of aliphatic hydroxyl groups excluding tert-OH is 2. The Labute approximate surface area is 225 Å². The molecule has 40 heavy (non-hydrogen) atoms. The molecule has 1 aliphatic carbocycles. The van der Waals surface area contributed by atoms with Crippen molar-refractivity contribution in [3.05, 3.63) is 65.2 Å². The van der Waals surface area contributed by atoms with Crippen LogP contribution >= 0.6 is 7.82 Å². The molecule has 4 N–H and O–H groups in total. The average molecular weight is 584 g/mol. The van der Waals surface area contributed by atoms with Crippen molar-refractivity contribution in [1.29, 1.82) is 0 Å². The SMILES string of the molecule is Cc1cn([C@@H]2O[C@@]3(CO)[C@@H]4O[P@](=O)(OC[C@H]5O[C@@H](n6cc(C)c(=O)[nH]c6=O)C[C@@H]5O)O[C@H]3[C@H]2[C@@H]4C)c(=O)[nH]c1=O. The van der Waals surface area contributed by atoms with E-state index in [0.29, 0.717) is 0 Å². The highest BCUT2D eigenvalue weighted by Crippen LogP contribution is 2.70. The minimum Gasteiger partial charge on any atom is -0.393 e. The monoisotopic (exact) mass is 584 g/mol. The Hall–Kier alpha value is -2.69. The molecule has 2 aromatic rings. The van der Waals surface area contributed by atoms with Crippen LogP contribution in [0.2, 0.25) is 0 Å². The molecule has 3 aliphatic heterocycles. The van der Waals surface area contributed by atoms with Crippen LogP contribution in [0.15, 0.2) is 31.6 Å². The minimum absolute atomic E-state index is 0.00622. The number of aliphatic hydroxyl groups is 2. The number of aryl methyl sites for hydroxylation is 2. The topological polar surface area (TPSA) is 213 Å². The van der Waals surface area contributed by atoms with Gasteiger partial charge in [-0.3, -0.25) is 42.3 Å². The molecule has 6 rings (SSSR count). The first-order chi connectivity index (χ1) is 18.9. The zero-order valence-electron chi connectivity index (χ0n) is 21.7. The maximum atomic E-state index is 13.6. The molecule has 10 atom stereocenters. The van der Waals surface area contributed by atoms with Crippen LogP contribution in [0.4, 0.5) is 0 Å². The van der Waals surface area contributed by atoms with Gasteiger partial charge in [-0.25, -0.2) is 14.2 Å². The van der Waals surface area contributed by atoms with E-state index in [0.717, 1.165) is 4.57 Å². The molecular formula is C23H29N4O12P. The summed E-state index contributed by atoms with van der Waals surface area (Å²) in [6.45, 7) is 3.87. The van der Waals surface area contributed by atoms with E-state index in [1.807, 2.05) is 0 Å². The fraction of sp³-hybridized carbons (Fsp3) is 0.652.